The summed E-state index contributed by atoms with van der Waals surface area (Å²) in [6.07, 6.45) is 8.29. The summed E-state index contributed by atoms with van der Waals surface area (Å²) >= 11 is 0. The number of carbonyl (C=O) groups excluding carboxylic acids is 1. The highest BCUT2D eigenvalue weighted by molar-refractivity contribution is 5.95. The fourth-order valence-corrected chi connectivity index (χ4v) is 6.49. The minimum Gasteiger partial charge on any atom is -0.494 e. The van der Waals surface area contributed by atoms with Crippen molar-refractivity contribution in [3.8, 4) is 17.0 Å². The molecule has 0 atom stereocenters. The molecule has 2 aromatic heterocycles. The maximum atomic E-state index is 12.5. The van der Waals surface area contributed by atoms with Crippen molar-refractivity contribution in [3.63, 3.8) is 0 Å². The van der Waals surface area contributed by atoms with Gasteiger partial charge in [-0.1, -0.05) is 18.2 Å². The molecule has 9 heteroatoms. The summed E-state index contributed by atoms with van der Waals surface area (Å²) in [7, 11) is 1.69. The molecule has 2 saturated heterocycles. The molecule has 3 aliphatic rings. The minimum atomic E-state index is -0.467. The van der Waals surface area contributed by atoms with E-state index >= 15 is 0 Å². The normalized spacial score (nSPS) is 18.0. The van der Waals surface area contributed by atoms with Crippen LogP contribution < -0.4 is 15.0 Å². The molecular weight excluding hydrogens is 540 g/mol. The molecule has 1 aliphatic carbocycles. The predicted octanol–water partition coefficient (Wildman–Crippen LogP) is 7.02. The van der Waals surface area contributed by atoms with Crippen LogP contribution in [0.2, 0.25) is 0 Å². The molecule has 3 fully saturated rings. The molecule has 4 aromatic rings. The van der Waals surface area contributed by atoms with E-state index in [4.69, 9.17) is 14.5 Å². The highest BCUT2D eigenvalue weighted by Crippen LogP contribution is 2.45. The average molecular weight is 581 g/mol. The second-order valence-corrected chi connectivity index (χ2v) is 13.3. The number of carbonyl (C=O) groups is 1. The maximum absolute atomic E-state index is 12.5. The summed E-state index contributed by atoms with van der Waals surface area (Å²) in [5, 5.41) is 4.60. The van der Waals surface area contributed by atoms with Crippen LogP contribution in [0.4, 0.5) is 22.1 Å². The molecule has 7 rings (SSSR count). The molecule has 43 heavy (non-hydrogen) atoms. The van der Waals surface area contributed by atoms with Gasteiger partial charge in [-0.3, -0.25) is 0 Å². The molecule has 0 radical (unpaired) electrons. The molecule has 9 nitrogen and oxygen atoms in total. The Morgan fingerprint density at radius 1 is 1.05 bits per heavy atom. The van der Waals surface area contributed by atoms with E-state index < -0.39 is 5.60 Å². The van der Waals surface area contributed by atoms with E-state index in [0.717, 1.165) is 67.4 Å². The van der Waals surface area contributed by atoms with Crippen LogP contribution in [0.25, 0.3) is 22.2 Å². The minimum absolute atomic E-state index is 0.203. The third-order valence-corrected chi connectivity index (χ3v) is 8.94. The maximum Gasteiger partial charge on any atom is 0.410 e. The number of piperidine rings is 1. The Morgan fingerprint density at radius 3 is 2.53 bits per heavy atom. The Balaban J connectivity index is 1.02. The monoisotopic (exact) mass is 580 g/mol. The number of amides is 1. The van der Waals surface area contributed by atoms with Crippen LogP contribution in [0.3, 0.4) is 0 Å². The van der Waals surface area contributed by atoms with Crippen molar-refractivity contribution in [2.75, 3.05) is 43.5 Å². The number of para-hydroxylation sites is 1. The van der Waals surface area contributed by atoms with Gasteiger partial charge >= 0.3 is 6.09 Å². The number of rotatable bonds is 6. The Bertz CT molecular complexity index is 1650. The van der Waals surface area contributed by atoms with E-state index in [-0.39, 0.29) is 11.5 Å². The van der Waals surface area contributed by atoms with Crippen LogP contribution in [-0.4, -0.2) is 64.4 Å². The summed E-state index contributed by atoms with van der Waals surface area (Å²) in [4.78, 5) is 26.1. The molecular formula is C34H40N6O3. The number of ether oxygens (including phenoxy) is 2. The zero-order valence-corrected chi connectivity index (χ0v) is 25.5. The van der Waals surface area contributed by atoms with Crippen LogP contribution in [-0.2, 0) is 4.74 Å². The number of fused-ring (bicyclic) bond motifs is 1. The largest absolute Gasteiger partial charge is 0.494 e. The predicted molar refractivity (Wildman–Crippen MR) is 169 cm³/mol. The van der Waals surface area contributed by atoms with Gasteiger partial charge in [-0.25, -0.2) is 14.8 Å². The number of nitrogens with one attached hydrogen (secondary N) is 1. The summed E-state index contributed by atoms with van der Waals surface area (Å²) in [5.74, 6) is 1.28. The highest BCUT2D eigenvalue weighted by Gasteiger charge is 2.46. The number of methoxy groups -OCH3 is 1. The van der Waals surface area contributed by atoms with Gasteiger partial charge in [0.15, 0.2) is 0 Å². The van der Waals surface area contributed by atoms with Gasteiger partial charge in [0, 0.05) is 78.2 Å². The molecule has 2 aliphatic heterocycles. The first kappa shape index (κ1) is 27.6. The van der Waals surface area contributed by atoms with E-state index in [0.29, 0.717) is 12.0 Å². The van der Waals surface area contributed by atoms with Gasteiger partial charge in [-0.05, 0) is 70.7 Å². The Hall–Kier alpha value is -4.27. The number of hydrogen-bond donors (Lipinski definition) is 1. The van der Waals surface area contributed by atoms with E-state index in [1.807, 2.05) is 44.0 Å². The van der Waals surface area contributed by atoms with Gasteiger partial charge in [0.2, 0.25) is 5.95 Å². The molecule has 2 aromatic carbocycles. The number of benzene rings is 2. The standard InChI is InChI=1S/C34H40N6O3/c1-33(2,3)43-32(41)38-17-14-34(15-18-38)21-39(22-34)24-11-12-28(30(19-24)42-4)37-31-35-16-13-27(36-31)26-20-40(23-9-10-23)29-8-6-5-7-25(26)29/h5-8,11-13,16,19-20,23H,9-10,14-15,17-18,21-22H2,1-4H3,(H,35,36,37). The zero-order valence-electron chi connectivity index (χ0n) is 25.5. The average Bonchev–Trinajstić information content (AvgIpc) is 3.75. The first-order valence-corrected chi connectivity index (χ1v) is 15.3. The van der Waals surface area contributed by atoms with Crippen LogP contribution in [0.15, 0.2) is 60.9 Å². The number of anilines is 3. The van der Waals surface area contributed by atoms with Gasteiger partial charge < -0.3 is 29.2 Å². The summed E-state index contributed by atoms with van der Waals surface area (Å²) < 4.78 is 13.8. The number of aromatic nitrogens is 3. The van der Waals surface area contributed by atoms with Crippen LogP contribution in [0.5, 0.6) is 5.75 Å². The lowest BCUT2D eigenvalue weighted by Gasteiger charge is -2.55. The molecule has 0 unspecified atom stereocenters. The van der Waals surface area contributed by atoms with Crippen LogP contribution >= 0.6 is 0 Å². The summed E-state index contributed by atoms with van der Waals surface area (Å²) in [6.45, 7) is 9.18. The SMILES string of the molecule is COc1cc(N2CC3(CCN(C(=O)OC(C)(C)C)CC3)C2)ccc1Nc1nccc(-c2cn(C3CC3)c3ccccc23)n1. The van der Waals surface area contributed by atoms with Crippen molar-refractivity contribution in [3.05, 3.63) is 60.9 Å². The van der Waals surface area contributed by atoms with E-state index in [2.05, 4.69) is 62.4 Å². The third kappa shape index (κ3) is 5.48. The van der Waals surface area contributed by atoms with Gasteiger partial charge in [0.25, 0.3) is 0 Å². The van der Waals surface area contributed by atoms with Crippen LogP contribution in [0, 0.1) is 5.41 Å². The Kier molecular flexibility index (Phi) is 6.71. The zero-order chi connectivity index (χ0) is 29.8. The molecule has 4 heterocycles. The van der Waals surface area contributed by atoms with Crippen molar-refractivity contribution < 1.29 is 14.3 Å². The Labute approximate surface area is 252 Å². The van der Waals surface area contributed by atoms with Crippen molar-refractivity contribution >= 4 is 34.3 Å². The van der Waals surface area contributed by atoms with Gasteiger partial charge in [-0.15, -0.1) is 0 Å². The van der Waals surface area contributed by atoms with Crippen molar-refractivity contribution in [2.45, 2.75) is 58.1 Å². The van der Waals surface area contributed by atoms with Gasteiger partial charge in [0.05, 0.1) is 18.5 Å². The third-order valence-electron chi connectivity index (χ3n) is 8.94. The highest BCUT2D eigenvalue weighted by atomic mass is 16.6. The molecule has 0 bridgehead atoms. The number of hydrogen-bond acceptors (Lipinski definition) is 7. The smallest absolute Gasteiger partial charge is 0.410 e. The lowest BCUT2D eigenvalue weighted by molar-refractivity contribution is 0.00597. The van der Waals surface area contributed by atoms with Gasteiger partial charge in [-0.2, -0.15) is 0 Å². The molecule has 1 N–H and O–H groups in total. The van der Waals surface area contributed by atoms with Crippen molar-refractivity contribution in [2.24, 2.45) is 5.41 Å². The van der Waals surface area contributed by atoms with Gasteiger partial charge in [0.1, 0.15) is 11.4 Å². The molecule has 224 valence electrons. The second-order valence-electron chi connectivity index (χ2n) is 13.3. The quantitative estimate of drug-likeness (QED) is 0.262. The topological polar surface area (TPSA) is 84.8 Å². The lowest BCUT2D eigenvalue weighted by Crippen LogP contribution is -2.61. The summed E-state index contributed by atoms with van der Waals surface area (Å²) in [5.41, 5.74) is 5.01. The summed E-state index contributed by atoms with van der Waals surface area (Å²) in [6, 6.07) is 17.4. The lowest BCUT2D eigenvalue weighted by atomic mass is 9.72. The second kappa shape index (κ2) is 10.5. The van der Waals surface area contributed by atoms with E-state index in [1.54, 1.807) is 7.11 Å². The first-order chi connectivity index (χ1) is 20.7. The first-order valence-electron chi connectivity index (χ1n) is 15.3. The van der Waals surface area contributed by atoms with Crippen molar-refractivity contribution in [1.82, 2.24) is 19.4 Å². The fraction of sp³-hybridized carbons (Fsp3) is 0.441. The van der Waals surface area contributed by atoms with E-state index in [1.165, 1.54) is 23.7 Å². The molecule has 1 saturated carbocycles. The number of nitrogens with zero attached hydrogens (tertiary/aromatic N) is 5. The number of likely N-dealkylation sites (tertiary alicyclic amines) is 1. The van der Waals surface area contributed by atoms with Crippen molar-refractivity contribution in [1.29, 1.82) is 0 Å². The Morgan fingerprint density at radius 2 is 1.81 bits per heavy atom. The van der Waals surface area contributed by atoms with Crippen LogP contribution in [0.1, 0.15) is 52.5 Å². The molecule has 1 spiro atoms. The fourth-order valence-electron chi connectivity index (χ4n) is 6.49. The molecule has 1 amide bonds. The van der Waals surface area contributed by atoms with E-state index in [9.17, 15) is 4.79 Å².